The molecule has 0 fully saturated rings. The van der Waals surface area contributed by atoms with Crippen molar-refractivity contribution in [1.82, 2.24) is 0 Å². The van der Waals surface area contributed by atoms with Crippen molar-refractivity contribution < 1.29 is 4.70 Å². The number of hydrogen-bond acceptors (Lipinski definition) is 0. The lowest BCUT2D eigenvalue weighted by Gasteiger charge is -1.29. The van der Waals surface area contributed by atoms with Crippen molar-refractivity contribution in [1.29, 1.82) is 0 Å². The van der Waals surface area contributed by atoms with Crippen molar-refractivity contribution in [3.63, 3.8) is 0 Å². The molecule has 0 rings (SSSR count). The van der Waals surface area contributed by atoms with Gasteiger partial charge in [-0.1, -0.05) is 0 Å². The van der Waals surface area contributed by atoms with Gasteiger partial charge in [0.15, 0.2) is 0 Å². The molecule has 0 aromatic carbocycles. The van der Waals surface area contributed by atoms with Crippen LogP contribution in [-0.2, 0) is 0 Å². The number of rotatable bonds is 0. The molecule has 0 saturated carbocycles. The predicted molar refractivity (Wildman–Crippen MR) is 18.5 cm³/mol. The van der Waals surface area contributed by atoms with E-state index in [0.717, 1.165) is 0 Å². The topological polar surface area (TPSA) is 0 Å². The molecule has 0 aromatic heterocycles. The molecule has 0 aromatic rings. The van der Waals surface area contributed by atoms with Crippen LogP contribution in [0, 0.1) is 0 Å². The van der Waals surface area contributed by atoms with Crippen molar-refractivity contribution in [3.05, 3.63) is 12.6 Å². The van der Waals surface area contributed by atoms with Gasteiger partial charge in [-0.2, -0.15) is 0 Å². The Morgan fingerprint density at radius 3 is 1.75 bits per heavy atom. The lowest BCUT2D eigenvalue weighted by atomic mass is 10.2. The first-order valence-electron chi connectivity index (χ1n) is 0.742. The highest BCUT2D eigenvalue weighted by Crippen LogP contribution is 1.24. The third kappa shape index (κ3) is 13.3. The number of halogens is 1. The minimum absolute atomic E-state index is 0. The van der Waals surface area contributed by atoms with E-state index in [1.165, 1.54) is 5.98 Å². The molecule has 2 heteroatoms. The zero-order valence-electron chi connectivity index (χ0n) is 2.27. The van der Waals surface area contributed by atoms with Crippen LogP contribution in [0.2, 0.25) is 0 Å². The molecule has 0 amide bonds. The van der Waals surface area contributed by atoms with E-state index in [2.05, 4.69) is 14.4 Å². The van der Waals surface area contributed by atoms with Crippen molar-refractivity contribution in [2.24, 2.45) is 0 Å². The van der Waals surface area contributed by atoms with Crippen molar-refractivity contribution >= 4 is 7.85 Å². The molecule has 0 aliphatic rings. The highest BCUT2D eigenvalue weighted by molar-refractivity contribution is 6.16. The molecule has 0 atom stereocenters. The van der Waals surface area contributed by atoms with Gasteiger partial charge in [-0.15, -0.1) is 12.6 Å². The third-order valence-corrected chi connectivity index (χ3v) is 0. The fourth-order valence-electron chi connectivity index (χ4n) is 0. The quantitative estimate of drug-likeness (QED) is 0.355. The summed E-state index contributed by atoms with van der Waals surface area (Å²) in [5.74, 6) is 1.25. The van der Waals surface area contributed by atoms with E-state index in [9.17, 15) is 0 Å². The van der Waals surface area contributed by atoms with E-state index < -0.39 is 0 Å². The van der Waals surface area contributed by atoms with E-state index in [-0.39, 0.29) is 4.70 Å². The highest BCUT2D eigenvalue weighted by atomic mass is 19.0. The van der Waals surface area contributed by atoms with Gasteiger partial charge in [-0.25, -0.2) is 0 Å². The maximum absolute atomic E-state index is 4.61. The van der Waals surface area contributed by atoms with Crippen LogP contribution in [0.3, 0.4) is 0 Å². The molecule has 0 unspecified atom stereocenters. The molecule has 0 saturated heterocycles. The molecular weight excluding hydrogens is 53.8 g/mol. The van der Waals surface area contributed by atoms with Gasteiger partial charge in [-0.05, 0) is 0 Å². The second-order valence-electron chi connectivity index (χ2n) is 0.236. The summed E-state index contributed by atoms with van der Waals surface area (Å²) in [6.45, 7) is 3.14. The third-order valence-electron chi connectivity index (χ3n) is 0. The summed E-state index contributed by atoms with van der Waals surface area (Å²) in [5, 5.41) is 0. The van der Waals surface area contributed by atoms with Gasteiger partial charge in [0.1, 0.15) is 7.85 Å². The summed E-state index contributed by atoms with van der Waals surface area (Å²) in [4.78, 5) is 0. The summed E-state index contributed by atoms with van der Waals surface area (Å²) in [6.07, 6.45) is 0. The second-order valence-corrected chi connectivity index (χ2v) is 0.236. The minimum Gasteiger partial charge on any atom is -0.269 e. The molecule has 0 aliphatic heterocycles. The maximum atomic E-state index is 4.61. The Labute approximate surface area is 26.3 Å². The van der Waals surface area contributed by atoms with Crippen LogP contribution >= 0.6 is 0 Å². The molecule has 2 radical (unpaired) electrons. The molecule has 0 aliphatic carbocycles. The zero-order valence-corrected chi connectivity index (χ0v) is 2.27. The molecular formula is C2H4BF. The van der Waals surface area contributed by atoms with Crippen LogP contribution in [0.25, 0.3) is 0 Å². The Morgan fingerprint density at radius 1 is 1.75 bits per heavy atom. The van der Waals surface area contributed by atoms with Gasteiger partial charge in [0.25, 0.3) is 0 Å². The predicted octanol–water partition coefficient (Wildman–Crippen LogP) is 0.451. The van der Waals surface area contributed by atoms with Crippen LogP contribution in [0.1, 0.15) is 0 Å². The second kappa shape index (κ2) is 15.2. The fraction of sp³-hybridized carbons (Fsp3) is 0. The largest absolute Gasteiger partial charge is 0.269 e. The highest BCUT2D eigenvalue weighted by Gasteiger charge is 1.18. The van der Waals surface area contributed by atoms with Gasteiger partial charge in [0.05, 0.1) is 0 Å². The average molecular weight is 57.9 g/mol. The van der Waals surface area contributed by atoms with E-state index in [0.29, 0.717) is 0 Å². The Hall–Kier alpha value is -0.265. The van der Waals surface area contributed by atoms with E-state index >= 15 is 0 Å². The van der Waals surface area contributed by atoms with Crippen LogP contribution in [-0.4, -0.2) is 7.85 Å². The van der Waals surface area contributed by atoms with E-state index in [1.807, 2.05) is 0 Å². The summed E-state index contributed by atoms with van der Waals surface area (Å²) < 4.78 is 0. The van der Waals surface area contributed by atoms with Crippen LogP contribution in [0.15, 0.2) is 12.6 Å². The van der Waals surface area contributed by atoms with Gasteiger partial charge >= 0.3 is 0 Å². The Bertz CT molecular complexity index is 13.5. The molecule has 22 valence electrons. The SMILES string of the molecule is F.[B]C=C. The zero-order chi connectivity index (χ0) is 2.71. The Kier molecular flexibility index (Phi) is 35.4. The van der Waals surface area contributed by atoms with Gasteiger partial charge in [0, 0.05) is 0 Å². The van der Waals surface area contributed by atoms with E-state index in [4.69, 9.17) is 0 Å². The molecule has 0 spiro atoms. The molecule has 0 nitrogen and oxygen atoms in total. The van der Waals surface area contributed by atoms with Crippen LogP contribution in [0.5, 0.6) is 0 Å². The molecule has 4 heavy (non-hydrogen) atoms. The van der Waals surface area contributed by atoms with Crippen molar-refractivity contribution in [3.8, 4) is 0 Å². The summed E-state index contributed by atoms with van der Waals surface area (Å²) in [7, 11) is 4.61. The summed E-state index contributed by atoms with van der Waals surface area (Å²) in [5.41, 5.74) is 0. The van der Waals surface area contributed by atoms with Crippen molar-refractivity contribution in [2.45, 2.75) is 0 Å². The minimum atomic E-state index is 0. The molecule has 0 heterocycles. The van der Waals surface area contributed by atoms with Gasteiger partial charge < -0.3 is 0 Å². The normalized spacial score (nSPS) is 3.00. The first kappa shape index (κ1) is 9.28. The Morgan fingerprint density at radius 2 is 1.75 bits per heavy atom. The van der Waals surface area contributed by atoms with Crippen LogP contribution in [0.4, 0.5) is 4.70 Å². The smallest absolute Gasteiger partial charge is 0.102 e. The van der Waals surface area contributed by atoms with Crippen molar-refractivity contribution in [2.75, 3.05) is 0 Å². The number of hydrogen-bond donors (Lipinski definition) is 0. The lowest BCUT2D eigenvalue weighted by molar-refractivity contribution is 1.11. The monoisotopic (exact) mass is 58.0 g/mol. The van der Waals surface area contributed by atoms with Gasteiger partial charge in [-0.3, -0.25) is 4.70 Å². The average Bonchev–Trinajstić information content (AvgIpc) is 0.918. The lowest BCUT2D eigenvalue weighted by Crippen LogP contribution is -1.29. The maximum Gasteiger partial charge on any atom is 0.102 e. The molecule has 0 N–H and O–H groups in total. The first-order valence-corrected chi connectivity index (χ1v) is 0.742. The fourth-order valence-corrected chi connectivity index (χ4v) is 0. The molecule has 0 bridgehead atoms. The first-order chi connectivity index (χ1) is 1.41. The summed E-state index contributed by atoms with van der Waals surface area (Å²) >= 11 is 0. The van der Waals surface area contributed by atoms with E-state index in [1.54, 1.807) is 0 Å². The van der Waals surface area contributed by atoms with Gasteiger partial charge in [0.2, 0.25) is 0 Å². The van der Waals surface area contributed by atoms with Crippen LogP contribution < -0.4 is 0 Å². The Balaban J connectivity index is 0. The standard InChI is InChI=1S/C2H3B.FH/c1-2-3;/h2H,1H2;1H. The summed E-state index contributed by atoms with van der Waals surface area (Å²) in [6, 6.07) is 0.